The van der Waals surface area contributed by atoms with Crippen molar-refractivity contribution in [2.24, 2.45) is 0 Å². The Hall–Kier alpha value is -2.40. The SMILES string of the molecule is CCC(C)c1ccccc1NC(=O)C(=O)Nc1ccc(F)c(Cl)c1. The molecule has 0 fully saturated rings. The van der Waals surface area contributed by atoms with E-state index in [-0.39, 0.29) is 16.6 Å². The van der Waals surface area contributed by atoms with E-state index in [1.807, 2.05) is 26.0 Å². The van der Waals surface area contributed by atoms with E-state index in [0.717, 1.165) is 18.1 Å². The van der Waals surface area contributed by atoms with Crippen molar-refractivity contribution in [2.45, 2.75) is 26.2 Å². The molecule has 0 radical (unpaired) electrons. The highest BCUT2D eigenvalue weighted by molar-refractivity contribution is 6.43. The molecule has 2 aromatic rings. The van der Waals surface area contributed by atoms with Crippen molar-refractivity contribution in [3.8, 4) is 0 Å². The fourth-order valence-electron chi connectivity index (χ4n) is 2.20. The third kappa shape index (κ3) is 4.32. The smallest absolute Gasteiger partial charge is 0.314 e. The summed E-state index contributed by atoms with van der Waals surface area (Å²) in [6.07, 6.45) is 0.910. The molecule has 2 amide bonds. The van der Waals surface area contributed by atoms with E-state index in [0.29, 0.717) is 5.69 Å². The molecule has 0 saturated carbocycles. The maximum absolute atomic E-state index is 13.1. The summed E-state index contributed by atoms with van der Waals surface area (Å²) in [5, 5.41) is 4.87. The van der Waals surface area contributed by atoms with Gasteiger partial charge in [-0.1, -0.05) is 43.6 Å². The molecule has 126 valence electrons. The van der Waals surface area contributed by atoms with Gasteiger partial charge in [-0.15, -0.1) is 0 Å². The van der Waals surface area contributed by atoms with Gasteiger partial charge in [0, 0.05) is 11.4 Å². The number of rotatable bonds is 4. The maximum Gasteiger partial charge on any atom is 0.314 e. The van der Waals surface area contributed by atoms with Gasteiger partial charge in [0.1, 0.15) is 5.82 Å². The zero-order valence-electron chi connectivity index (χ0n) is 13.4. The van der Waals surface area contributed by atoms with Gasteiger partial charge in [0.2, 0.25) is 0 Å². The minimum atomic E-state index is -0.850. The molecule has 6 heteroatoms. The predicted octanol–water partition coefficient (Wildman–Crippen LogP) is 4.57. The summed E-state index contributed by atoms with van der Waals surface area (Å²) in [6.45, 7) is 4.10. The van der Waals surface area contributed by atoms with Crippen molar-refractivity contribution in [3.63, 3.8) is 0 Å². The van der Waals surface area contributed by atoms with E-state index in [4.69, 9.17) is 11.6 Å². The van der Waals surface area contributed by atoms with E-state index < -0.39 is 17.6 Å². The van der Waals surface area contributed by atoms with E-state index in [2.05, 4.69) is 10.6 Å². The van der Waals surface area contributed by atoms with Crippen LogP contribution in [0, 0.1) is 5.82 Å². The number of benzene rings is 2. The average Bonchev–Trinajstić information content (AvgIpc) is 2.58. The number of anilines is 2. The zero-order valence-corrected chi connectivity index (χ0v) is 14.2. The van der Waals surface area contributed by atoms with Crippen LogP contribution in [-0.4, -0.2) is 11.8 Å². The fraction of sp³-hybridized carbons (Fsp3) is 0.222. The number of hydrogen-bond acceptors (Lipinski definition) is 2. The Morgan fingerprint density at radius 3 is 2.46 bits per heavy atom. The van der Waals surface area contributed by atoms with Crippen LogP contribution in [-0.2, 0) is 9.59 Å². The van der Waals surface area contributed by atoms with Crippen LogP contribution in [0.25, 0.3) is 0 Å². The Balaban J connectivity index is 2.09. The number of nitrogens with one attached hydrogen (secondary N) is 2. The first-order valence-electron chi connectivity index (χ1n) is 7.58. The molecule has 0 aromatic heterocycles. The lowest BCUT2D eigenvalue weighted by Gasteiger charge is -2.15. The molecule has 0 bridgehead atoms. The molecule has 0 spiro atoms. The lowest BCUT2D eigenvalue weighted by atomic mass is 9.97. The van der Waals surface area contributed by atoms with Crippen LogP contribution in [0.1, 0.15) is 31.7 Å². The molecule has 2 rings (SSSR count). The molecule has 1 unspecified atom stereocenters. The van der Waals surface area contributed by atoms with Crippen LogP contribution in [0.2, 0.25) is 5.02 Å². The molecule has 1 atom stereocenters. The minimum Gasteiger partial charge on any atom is -0.318 e. The Morgan fingerprint density at radius 1 is 1.12 bits per heavy atom. The predicted molar refractivity (Wildman–Crippen MR) is 93.8 cm³/mol. The van der Waals surface area contributed by atoms with Crippen LogP contribution in [0.3, 0.4) is 0 Å². The Kier molecular flexibility index (Phi) is 5.93. The van der Waals surface area contributed by atoms with Gasteiger partial charge in [0.25, 0.3) is 0 Å². The molecular weight excluding hydrogens is 331 g/mol. The molecule has 0 aliphatic carbocycles. The summed E-state index contributed by atoms with van der Waals surface area (Å²) < 4.78 is 13.1. The molecule has 4 nitrogen and oxygen atoms in total. The molecule has 24 heavy (non-hydrogen) atoms. The number of halogens is 2. The van der Waals surface area contributed by atoms with Crippen LogP contribution in [0.4, 0.5) is 15.8 Å². The third-order valence-electron chi connectivity index (χ3n) is 3.74. The minimum absolute atomic E-state index is 0.129. The van der Waals surface area contributed by atoms with Gasteiger partial charge < -0.3 is 10.6 Å². The Morgan fingerprint density at radius 2 is 1.79 bits per heavy atom. The molecule has 2 aromatic carbocycles. The molecule has 0 heterocycles. The molecule has 0 saturated heterocycles. The van der Waals surface area contributed by atoms with Crippen LogP contribution in [0.15, 0.2) is 42.5 Å². The van der Waals surface area contributed by atoms with Gasteiger partial charge >= 0.3 is 11.8 Å². The summed E-state index contributed by atoms with van der Waals surface area (Å²) in [7, 11) is 0. The highest BCUT2D eigenvalue weighted by Gasteiger charge is 2.17. The van der Waals surface area contributed by atoms with Crippen molar-refractivity contribution in [2.75, 3.05) is 10.6 Å². The van der Waals surface area contributed by atoms with Crippen molar-refractivity contribution < 1.29 is 14.0 Å². The van der Waals surface area contributed by atoms with Crippen LogP contribution in [0.5, 0.6) is 0 Å². The fourth-order valence-corrected chi connectivity index (χ4v) is 2.38. The molecular formula is C18H18ClFN2O2. The lowest BCUT2D eigenvalue weighted by molar-refractivity contribution is -0.133. The highest BCUT2D eigenvalue weighted by Crippen LogP contribution is 2.26. The summed E-state index contributed by atoms with van der Waals surface area (Å²) in [4.78, 5) is 24.1. The van der Waals surface area contributed by atoms with Gasteiger partial charge in [-0.2, -0.15) is 0 Å². The number of hydrogen-bond donors (Lipinski definition) is 2. The van der Waals surface area contributed by atoms with Crippen molar-refractivity contribution in [1.82, 2.24) is 0 Å². The van der Waals surface area contributed by atoms with Crippen LogP contribution < -0.4 is 10.6 Å². The summed E-state index contributed by atoms with van der Waals surface area (Å²) >= 11 is 5.65. The van der Waals surface area contributed by atoms with Crippen molar-refractivity contribution in [3.05, 3.63) is 58.9 Å². The second kappa shape index (κ2) is 7.93. The third-order valence-corrected chi connectivity index (χ3v) is 4.03. The second-order valence-corrected chi connectivity index (χ2v) is 5.84. The van der Waals surface area contributed by atoms with Crippen molar-refractivity contribution in [1.29, 1.82) is 0 Å². The second-order valence-electron chi connectivity index (χ2n) is 5.43. The number of carbonyl (C=O) groups excluding carboxylic acids is 2. The average molecular weight is 349 g/mol. The maximum atomic E-state index is 13.1. The largest absolute Gasteiger partial charge is 0.318 e. The quantitative estimate of drug-likeness (QED) is 0.795. The normalized spacial score (nSPS) is 11.7. The molecule has 0 aliphatic rings. The zero-order chi connectivity index (χ0) is 17.7. The van der Waals surface area contributed by atoms with Gasteiger partial charge in [-0.05, 0) is 42.2 Å². The van der Waals surface area contributed by atoms with Crippen LogP contribution >= 0.6 is 11.6 Å². The first-order valence-corrected chi connectivity index (χ1v) is 7.96. The highest BCUT2D eigenvalue weighted by atomic mass is 35.5. The van der Waals surface area contributed by atoms with Crippen molar-refractivity contribution >= 4 is 34.8 Å². The van der Waals surface area contributed by atoms with E-state index in [1.165, 1.54) is 12.1 Å². The Labute approximate surface area is 145 Å². The molecule has 0 aliphatic heterocycles. The summed E-state index contributed by atoms with van der Waals surface area (Å²) in [5.74, 6) is -2.00. The number of carbonyl (C=O) groups is 2. The summed E-state index contributed by atoms with van der Waals surface area (Å²) in [5.41, 5.74) is 1.81. The number of para-hydroxylation sites is 1. The van der Waals surface area contributed by atoms with E-state index in [9.17, 15) is 14.0 Å². The lowest BCUT2D eigenvalue weighted by Crippen LogP contribution is -2.29. The first kappa shape index (κ1) is 17.9. The topological polar surface area (TPSA) is 58.2 Å². The van der Waals surface area contributed by atoms with Gasteiger partial charge in [0.15, 0.2) is 0 Å². The van der Waals surface area contributed by atoms with E-state index in [1.54, 1.807) is 12.1 Å². The molecule has 2 N–H and O–H groups in total. The van der Waals surface area contributed by atoms with Gasteiger partial charge in [-0.25, -0.2) is 4.39 Å². The van der Waals surface area contributed by atoms with E-state index >= 15 is 0 Å². The van der Waals surface area contributed by atoms with Gasteiger partial charge in [-0.3, -0.25) is 9.59 Å². The number of amides is 2. The standard InChI is InChI=1S/C18H18ClFN2O2/c1-3-11(2)13-6-4-5-7-16(13)22-18(24)17(23)21-12-8-9-15(20)14(19)10-12/h4-11H,3H2,1-2H3,(H,21,23)(H,22,24). The first-order chi connectivity index (χ1) is 11.4. The Bertz CT molecular complexity index is 764. The van der Waals surface area contributed by atoms with Gasteiger partial charge in [0.05, 0.1) is 5.02 Å². The monoisotopic (exact) mass is 348 g/mol. The summed E-state index contributed by atoms with van der Waals surface area (Å²) in [6, 6.07) is 11.0.